The van der Waals surface area contributed by atoms with Gasteiger partial charge in [-0.2, -0.15) is 0 Å². The Morgan fingerprint density at radius 3 is 2.90 bits per heavy atom. The van der Waals surface area contributed by atoms with Gasteiger partial charge in [0.2, 0.25) is 0 Å². The van der Waals surface area contributed by atoms with Gasteiger partial charge in [-0.15, -0.1) is 5.10 Å². The Labute approximate surface area is 128 Å². The molecule has 0 unspecified atom stereocenters. The van der Waals surface area contributed by atoms with Crippen LogP contribution in [0.5, 0.6) is 0 Å². The van der Waals surface area contributed by atoms with E-state index in [1.165, 1.54) is 12.1 Å². The number of carbonyl (C=O) groups is 1. The second kappa shape index (κ2) is 6.78. The maximum absolute atomic E-state index is 13.0. The van der Waals surface area contributed by atoms with E-state index in [-0.39, 0.29) is 12.2 Å². The zero-order chi connectivity index (χ0) is 14.5. The van der Waals surface area contributed by atoms with Crippen LogP contribution in [0.4, 0.5) is 4.39 Å². The molecule has 0 aliphatic heterocycles. The van der Waals surface area contributed by atoms with E-state index in [0.717, 1.165) is 21.4 Å². The molecule has 1 aromatic heterocycles. The number of rotatable bonds is 6. The molecule has 0 atom stereocenters. The number of hydrogen-bond acceptors (Lipinski definition) is 3. The Balaban J connectivity index is 1.99. The van der Waals surface area contributed by atoms with Gasteiger partial charge < -0.3 is 5.11 Å². The summed E-state index contributed by atoms with van der Waals surface area (Å²) in [7, 11) is 0. The maximum Gasteiger partial charge on any atom is 0.303 e. The van der Waals surface area contributed by atoms with Crippen LogP contribution in [-0.2, 0) is 11.2 Å². The van der Waals surface area contributed by atoms with Gasteiger partial charge in [0.1, 0.15) is 5.82 Å². The minimum atomic E-state index is -0.783. The van der Waals surface area contributed by atoms with Crippen LogP contribution < -0.4 is 0 Å². The van der Waals surface area contributed by atoms with Crippen LogP contribution >= 0.6 is 22.6 Å². The molecular formula is C13H13FIN3O2. The molecule has 0 radical (unpaired) electrons. The fourth-order valence-corrected chi connectivity index (χ4v) is 2.50. The number of hydrogen-bond donors (Lipinski definition) is 1. The summed E-state index contributed by atoms with van der Waals surface area (Å²) in [6, 6.07) is 4.47. The summed E-state index contributed by atoms with van der Waals surface area (Å²) >= 11 is 2.05. The van der Waals surface area contributed by atoms with E-state index in [4.69, 9.17) is 5.11 Å². The lowest BCUT2D eigenvalue weighted by atomic mass is 10.1. The molecule has 0 spiro atoms. The van der Waals surface area contributed by atoms with Crippen molar-refractivity contribution in [2.75, 3.05) is 0 Å². The third-order valence-electron chi connectivity index (χ3n) is 2.77. The number of halogens is 2. The number of carboxylic acid groups (broad SMARTS) is 1. The second-order valence-electron chi connectivity index (χ2n) is 4.35. The zero-order valence-corrected chi connectivity index (χ0v) is 12.7. The van der Waals surface area contributed by atoms with Crippen molar-refractivity contribution in [2.45, 2.75) is 25.7 Å². The average molecular weight is 389 g/mol. The summed E-state index contributed by atoms with van der Waals surface area (Å²) in [5.41, 5.74) is 1.58. The number of aryl methyl sites for hydroxylation is 1. The van der Waals surface area contributed by atoms with Gasteiger partial charge in [0.15, 0.2) is 0 Å². The van der Waals surface area contributed by atoms with E-state index in [9.17, 15) is 9.18 Å². The standard InChI is InChI=1S/C13H13FIN3O2/c14-9-5-6-12(11(15)7-9)18-8-10(16-17-18)3-1-2-4-13(19)20/h5-8H,1-4H2,(H,19,20). The van der Waals surface area contributed by atoms with Crippen molar-refractivity contribution in [1.29, 1.82) is 0 Å². The van der Waals surface area contributed by atoms with Crippen LogP contribution in [0.1, 0.15) is 25.0 Å². The summed E-state index contributed by atoms with van der Waals surface area (Å²) in [4.78, 5) is 10.4. The van der Waals surface area contributed by atoms with Gasteiger partial charge in [0.05, 0.1) is 17.6 Å². The lowest BCUT2D eigenvalue weighted by Crippen LogP contribution is -1.98. The smallest absolute Gasteiger partial charge is 0.303 e. The Morgan fingerprint density at radius 2 is 2.20 bits per heavy atom. The monoisotopic (exact) mass is 389 g/mol. The SMILES string of the molecule is O=C(O)CCCCc1cn(-c2ccc(F)cc2I)nn1. The topological polar surface area (TPSA) is 68.0 Å². The van der Waals surface area contributed by atoms with E-state index in [0.29, 0.717) is 12.8 Å². The normalized spacial score (nSPS) is 10.7. The molecule has 0 bridgehead atoms. The fourth-order valence-electron chi connectivity index (χ4n) is 1.78. The first kappa shape index (κ1) is 14.9. The van der Waals surface area contributed by atoms with Crippen LogP contribution in [0.2, 0.25) is 0 Å². The molecule has 0 saturated carbocycles. The maximum atomic E-state index is 13.0. The van der Waals surface area contributed by atoms with E-state index < -0.39 is 5.97 Å². The van der Waals surface area contributed by atoms with Gasteiger partial charge in [-0.1, -0.05) is 5.21 Å². The largest absolute Gasteiger partial charge is 0.481 e. The molecule has 5 nitrogen and oxygen atoms in total. The molecule has 0 amide bonds. The molecular weight excluding hydrogens is 376 g/mol. The molecule has 1 N–H and O–H groups in total. The van der Waals surface area contributed by atoms with Gasteiger partial charge >= 0.3 is 5.97 Å². The summed E-state index contributed by atoms with van der Waals surface area (Å²) in [6.45, 7) is 0. The Bertz CT molecular complexity index is 615. The average Bonchev–Trinajstić information content (AvgIpc) is 2.83. The number of benzene rings is 1. The molecule has 0 aliphatic carbocycles. The molecule has 7 heteroatoms. The van der Waals surface area contributed by atoms with Gasteiger partial charge in [0.25, 0.3) is 0 Å². The Kier molecular flexibility index (Phi) is 5.05. The van der Waals surface area contributed by atoms with Crippen LogP contribution in [0.25, 0.3) is 5.69 Å². The van der Waals surface area contributed by atoms with Crippen LogP contribution in [0, 0.1) is 9.39 Å². The molecule has 0 saturated heterocycles. The summed E-state index contributed by atoms with van der Waals surface area (Å²) in [5.74, 6) is -1.07. The van der Waals surface area contributed by atoms with Gasteiger partial charge in [-0.25, -0.2) is 9.07 Å². The lowest BCUT2D eigenvalue weighted by molar-refractivity contribution is -0.137. The highest BCUT2D eigenvalue weighted by Crippen LogP contribution is 2.18. The molecule has 106 valence electrons. The van der Waals surface area contributed by atoms with E-state index in [1.54, 1.807) is 16.9 Å². The number of carboxylic acids is 1. The van der Waals surface area contributed by atoms with Gasteiger partial charge in [-0.3, -0.25) is 4.79 Å². The highest BCUT2D eigenvalue weighted by molar-refractivity contribution is 14.1. The minimum absolute atomic E-state index is 0.171. The molecule has 0 aliphatic rings. The lowest BCUT2D eigenvalue weighted by Gasteiger charge is -2.02. The van der Waals surface area contributed by atoms with Gasteiger partial charge in [-0.05, 0) is 60.1 Å². The Hall–Kier alpha value is -1.51. The quantitative estimate of drug-likeness (QED) is 0.610. The molecule has 2 aromatic rings. The van der Waals surface area contributed by atoms with Crippen molar-refractivity contribution in [3.8, 4) is 5.69 Å². The highest BCUT2D eigenvalue weighted by Gasteiger charge is 2.07. The molecule has 0 fully saturated rings. The van der Waals surface area contributed by atoms with E-state index >= 15 is 0 Å². The van der Waals surface area contributed by atoms with E-state index in [2.05, 4.69) is 10.3 Å². The summed E-state index contributed by atoms with van der Waals surface area (Å²) in [6.07, 6.45) is 4.02. The number of aliphatic carboxylic acids is 1. The van der Waals surface area contributed by atoms with Crippen LogP contribution in [0.3, 0.4) is 0 Å². The molecule has 2 rings (SSSR count). The first-order valence-electron chi connectivity index (χ1n) is 6.14. The van der Waals surface area contributed by atoms with Crippen molar-refractivity contribution in [3.05, 3.63) is 39.5 Å². The Morgan fingerprint density at radius 1 is 1.40 bits per heavy atom. The first-order chi connectivity index (χ1) is 9.56. The summed E-state index contributed by atoms with van der Waals surface area (Å²) in [5, 5.41) is 16.6. The number of nitrogens with zero attached hydrogens (tertiary/aromatic N) is 3. The van der Waals surface area contributed by atoms with Crippen molar-refractivity contribution in [3.63, 3.8) is 0 Å². The van der Waals surface area contributed by atoms with Crippen molar-refractivity contribution < 1.29 is 14.3 Å². The zero-order valence-electron chi connectivity index (χ0n) is 10.6. The summed E-state index contributed by atoms with van der Waals surface area (Å²) < 4.78 is 15.4. The minimum Gasteiger partial charge on any atom is -0.481 e. The molecule has 20 heavy (non-hydrogen) atoms. The number of unbranched alkanes of at least 4 members (excludes halogenated alkanes) is 1. The predicted octanol–water partition coefficient (Wildman–Crippen LogP) is 2.81. The molecule has 1 heterocycles. The molecule has 1 aromatic carbocycles. The van der Waals surface area contributed by atoms with Gasteiger partial charge in [0, 0.05) is 9.99 Å². The van der Waals surface area contributed by atoms with E-state index in [1.807, 2.05) is 22.6 Å². The third-order valence-corrected chi connectivity index (χ3v) is 3.63. The van der Waals surface area contributed by atoms with Crippen molar-refractivity contribution in [1.82, 2.24) is 15.0 Å². The van der Waals surface area contributed by atoms with Crippen molar-refractivity contribution >= 4 is 28.6 Å². The fraction of sp³-hybridized carbons (Fsp3) is 0.308. The third kappa shape index (κ3) is 3.99. The van der Waals surface area contributed by atoms with Crippen molar-refractivity contribution in [2.24, 2.45) is 0 Å². The van der Waals surface area contributed by atoms with Crippen LogP contribution in [-0.4, -0.2) is 26.1 Å². The number of aromatic nitrogens is 3. The highest BCUT2D eigenvalue weighted by atomic mass is 127. The second-order valence-corrected chi connectivity index (χ2v) is 5.51. The van der Waals surface area contributed by atoms with Crippen LogP contribution in [0.15, 0.2) is 24.4 Å². The predicted molar refractivity (Wildman–Crippen MR) is 79.2 cm³/mol. The first-order valence-corrected chi connectivity index (χ1v) is 7.22.